The predicted octanol–water partition coefficient (Wildman–Crippen LogP) is 3.63. The maximum atomic E-state index is 12.1. The van der Waals surface area contributed by atoms with Gasteiger partial charge in [0.1, 0.15) is 0 Å². The van der Waals surface area contributed by atoms with Crippen LogP contribution < -0.4 is 10.6 Å². The lowest BCUT2D eigenvalue weighted by Gasteiger charge is -2.12. The number of imide groups is 1. The van der Waals surface area contributed by atoms with Crippen LogP contribution in [-0.2, 0) is 15.3 Å². The largest absolute Gasteiger partial charge is 0.449 e. The van der Waals surface area contributed by atoms with Gasteiger partial charge >= 0.3 is 12.0 Å². The number of urea groups is 1. The van der Waals surface area contributed by atoms with E-state index in [1.54, 1.807) is 23.9 Å². The van der Waals surface area contributed by atoms with E-state index in [4.69, 9.17) is 16.3 Å². The average Bonchev–Trinajstić information content (AvgIpc) is 2.67. The standard InChI is InChI=1S/C19H19ClN2O4S/c1-12(17(23)22-19(25)21-2)26-18(24)14-5-3-13(4-6-14)11-27-16-9-7-15(20)8-10-16/h3-10,12H,11H2,1-2H3,(H2,21,22,23,25). The summed E-state index contributed by atoms with van der Waals surface area (Å²) in [6.07, 6.45) is -1.09. The van der Waals surface area contributed by atoms with Crippen LogP contribution in [0, 0.1) is 0 Å². The number of amides is 3. The number of esters is 1. The van der Waals surface area contributed by atoms with Gasteiger partial charge in [0.05, 0.1) is 5.56 Å². The molecule has 1 atom stereocenters. The van der Waals surface area contributed by atoms with Crippen LogP contribution in [0.4, 0.5) is 4.79 Å². The zero-order chi connectivity index (χ0) is 19.8. The van der Waals surface area contributed by atoms with E-state index < -0.39 is 24.0 Å². The Hall–Kier alpha value is -2.51. The molecular weight excluding hydrogens is 388 g/mol. The number of nitrogens with one attached hydrogen (secondary N) is 2. The number of halogens is 1. The highest BCUT2D eigenvalue weighted by atomic mass is 35.5. The first-order valence-corrected chi connectivity index (χ1v) is 9.46. The molecular formula is C19H19ClN2O4S. The molecule has 0 fully saturated rings. The molecule has 0 saturated carbocycles. The lowest BCUT2D eigenvalue weighted by atomic mass is 10.1. The molecule has 0 radical (unpaired) electrons. The average molecular weight is 407 g/mol. The maximum absolute atomic E-state index is 12.1. The first-order chi connectivity index (χ1) is 12.9. The van der Waals surface area contributed by atoms with Gasteiger partial charge in [0.2, 0.25) is 0 Å². The Morgan fingerprint density at radius 1 is 1.07 bits per heavy atom. The van der Waals surface area contributed by atoms with Crippen molar-refractivity contribution in [3.05, 3.63) is 64.7 Å². The topological polar surface area (TPSA) is 84.5 Å². The van der Waals surface area contributed by atoms with Gasteiger partial charge in [-0.1, -0.05) is 23.7 Å². The van der Waals surface area contributed by atoms with Crippen molar-refractivity contribution in [1.29, 1.82) is 0 Å². The van der Waals surface area contributed by atoms with E-state index in [0.29, 0.717) is 10.6 Å². The highest BCUT2D eigenvalue weighted by Crippen LogP contribution is 2.24. The summed E-state index contributed by atoms with van der Waals surface area (Å²) in [7, 11) is 1.38. The normalized spacial score (nSPS) is 11.4. The first-order valence-electron chi connectivity index (χ1n) is 8.10. The predicted molar refractivity (Wildman–Crippen MR) is 105 cm³/mol. The van der Waals surface area contributed by atoms with Crippen molar-refractivity contribution < 1.29 is 19.1 Å². The Balaban J connectivity index is 1.88. The summed E-state index contributed by atoms with van der Waals surface area (Å²) in [6, 6.07) is 13.9. The minimum atomic E-state index is -1.09. The Morgan fingerprint density at radius 3 is 2.30 bits per heavy atom. The van der Waals surface area contributed by atoms with Crippen molar-refractivity contribution in [1.82, 2.24) is 10.6 Å². The molecule has 0 aromatic heterocycles. The fourth-order valence-electron chi connectivity index (χ4n) is 1.99. The minimum Gasteiger partial charge on any atom is -0.449 e. The quantitative estimate of drug-likeness (QED) is 0.565. The van der Waals surface area contributed by atoms with Crippen molar-refractivity contribution in [2.45, 2.75) is 23.7 Å². The van der Waals surface area contributed by atoms with Crippen LogP contribution in [0.2, 0.25) is 5.02 Å². The van der Waals surface area contributed by atoms with Gasteiger partial charge in [-0.05, 0) is 48.9 Å². The van der Waals surface area contributed by atoms with E-state index in [-0.39, 0.29) is 0 Å². The molecule has 0 saturated heterocycles. The molecule has 1 unspecified atom stereocenters. The van der Waals surface area contributed by atoms with Crippen molar-refractivity contribution in [2.75, 3.05) is 7.05 Å². The molecule has 2 aromatic rings. The molecule has 6 nitrogen and oxygen atoms in total. The number of benzene rings is 2. The van der Waals surface area contributed by atoms with E-state index >= 15 is 0 Å². The molecule has 0 aliphatic heterocycles. The van der Waals surface area contributed by atoms with Crippen molar-refractivity contribution >= 4 is 41.3 Å². The number of thioether (sulfide) groups is 1. The molecule has 0 aliphatic rings. The van der Waals surface area contributed by atoms with Gasteiger partial charge in [-0.2, -0.15) is 0 Å². The molecule has 0 bridgehead atoms. The third-order valence-corrected chi connectivity index (χ3v) is 4.86. The summed E-state index contributed by atoms with van der Waals surface area (Å²) < 4.78 is 5.08. The Bertz CT molecular complexity index is 809. The second-order valence-electron chi connectivity index (χ2n) is 5.56. The van der Waals surface area contributed by atoms with E-state index in [1.807, 2.05) is 36.4 Å². The summed E-state index contributed by atoms with van der Waals surface area (Å²) in [4.78, 5) is 36.0. The lowest BCUT2D eigenvalue weighted by molar-refractivity contribution is -0.127. The molecule has 2 rings (SSSR count). The first kappa shape index (κ1) is 20.8. The van der Waals surface area contributed by atoms with E-state index in [2.05, 4.69) is 10.6 Å². The third kappa shape index (κ3) is 6.62. The SMILES string of the molecule is CNC(=O)NC(=O)C(C)OC(=O)c1ccc(CSc2ccc(Cl)cc2)cc1. The van der Waals surface area contributed by atoms with Crippen LogP contribution in [0.5, 0.6) is 0 Å². The van der Waals surface area contributed by atoms with Gasteiger partial charge in [0.25, 0.3) is 5.91 Å². The van der Waals surface area contributed by atoms with Gasteiger partial charge in [-0.3, -0.25) is 10.1 Å². The van der Waals surface area contributed by atoms with Crippen LogP contribution in [-0.4, -0.2) is 31.1 Å². The molecule has 142 valence electrons. The Labute approximate surface area is 166 Å². The van der Waals surface area contributed by atoms with Crippen molar-refractivity contribution in [2.24, 2.45) is 0 Å². The van der Waals surface area contributed by atoms with Gasteiger partial charge in [-0.25, -0.2) is 9.59 Å². The molecule has 8 heteroatoms. The van der Waals surface area contributed by atoms with E-state index in [9.17, 15) is 14.4 Å². The van der Waals surface area contributed by atoms with Crippen LogP contribution >= 0.6 is 23.4 Å². The van der Waals surface area contributed by atoms with Crippen molar-refractivity contribution in [3.63, 3.8) is 0 Å². The third-order valence-electron chi connectivity index (χ3n) is 3.53. The van der Waals surface area contributed by atoms with Crippen LogP contribution in [0.3, 0.4) is 0 Å². The van der Waals surface area contributed by atoms with Gasteiger partial charge < -0.3 is 10.1 Å². The van der Waals surface area contributed by atoms with Crippen molar-refractivity contribution in [3.8, 4) is 0 Å². The second kappa shape index (κ2) is 9.99. The molecule has 0 spiro atoms. The van der Waals surface area contributed by atoms with Crippen LogP contribution in [0.1, 0.15) is 22.8 Å². The summed E-state index contributed by atoms with van der Waals surface area (Å²) in [5.41, 5.74) is 1.37. The lowest BCUT2D eigenvalue weighted by Crippen LogP contribution is -2.43. The Morgan fingerprint density at radius 2 is 1.70 bits per heavy atom. The molecule has 0 aliphatic carbocycles. The number of rotatable bonds is 6. The van der Waals surface area contributed by atoms with Gasteiger partial charge in [-0.15, -0.1) is 11.8 Å². The maximum Gasteiger partial charge on any atom is 0.338 e. The number of hydrogen-bond acceptors (Lipinski definition) is 5. The second-order valence-corrected chi connectivity index (χ2v) is 7.04. The van der Waals surface area contributed by atoms with E-state index in [1.165, 1.54) is 14.0 Å². The molecule has 2 aromatic carbocycles. The smallest absolute Gasteiger partial charge is 0.338 e. The highest BCUT2D eigenvalue weighted by molar-refractivity contribution is 7.98. The molecule has 2 N–H and O–H groups in total. The summed E-state index contributed by atoms with van der Waals surface area (Å²) in [5.74, 6) is -0.591. The zero-order valence-electron chi connectivity index (χ0n) is 14.8. The minimum absolute atomic E-state index is 0.329. The summed E-state index contributed by atoms with van der Waals surface area (Å²) >= 11 is 7.52. The van der Waals surface area contributed by atoms with Crippen LogP contribution in [0.25, 0.3) is 0 Å². The van der Waals surface area contributed by atoms with Gasteiger partial charge in [0, 0.05) is 22.7 Å². The fraction of sp³-hybridized carbons (Fsp3) is 0.211. The van der Waals surface area contributed by atoms with Crippen LogP contribution in [0.15, 0.2) is 53.4 Å². The number of hydrogen-bond donors (Lipinski definition) is 2. The molecule has 3 amide bonds. The molecule has 27 heavy (non-hydrogen) atoms. The van der Waals surface area contributed by atoms with E-state index in [0.717, 1.165) is 16.2 Å². The Kier molecular flexibility index (Phi) is 7.69. The summed E-state index contributed by atoms with van der Waals surface area (Å²) in [5, 5.41) is 5.00. The number of carbonyl (C=O) groups excluding carboxylic acids is 3. The van der Waals surface area contributed by atoms with Gasteiger partial charge in [0.15, 0.2) is 6.10 Å². The summed E-state index contributed by atoms with van der Waals surface area (Å²) in [6.45, 7) is 1.40. The zero-order valence-corrected chi connectivity index (χ0v) is 16.4. The highest BCUT2D eigenvalue weighted by Gasteiger charge is 2.20. The number of ether oxygens (including phenoxy) is 1. The molecule has 0 heterocycles. The monoisotopic (exact) mass is 406 g/mol. The number of carbonyl (C=O) groups is 3. The fourth-order valence-corrected chi connectivity index (χ4v) is 2.97.